The number of rotatable bonds is 0. The van der Waals surface area contributed by atoms with Gasteiger partial charge in [-0.05, 0) is 11.8 Å². The van der Waals surface area contributed by atoms with Gasteiger partial charge in [-0.3, -0.25) is 0 Å². The second-order valence-corrected chi connectivity index (χ2v) is 0.966. The molecule has 0 aliphatic heterocycles. The average molecular weight is 146 g/mol. The summed E-state index contributed by atoms with van der Waals surface area (Å²) >= 11 is 0. The standard InChI is InChI=1S/C6H7NO.ClH/c7-5-3-1-2-4-6-8;/h8H,5-7H2;1H. The predicted molar refractivity (Wildman–Crippen MR) is 38.9 cm³/mol. The van der Waals surface area contributed by atoms with E-state index in [4.69, 9.17) is 10.8 Å². The first kappa shape index (κ1) is 11.2. The van der Waals surface area contributed by atoms with E-state index in [0.29, 0.717) is 6.54 Å². The largest absolute Gasteiger partial charge is 0.384 e. The van der Waals surface area contributed by atoms with Gasteiger partial charge in [0.2, 0.25) is 0 Å². The normalized spacial score (nSPS) is 5.11. The Labute approximate surface area is 60.8 Å². The van der Waals surface area contributed by atoms with Crippen molar-refractivity contribution in [2.75, 3.05) is 13.2 Å². The average Bonchev–Trinajstić information content (AvgIpc) is 1.81. The molecule has 3 heteroatoms. The highest BCUT2D eigenvalue weighted by Gasteiger charge is 1.57. The Morgan fingerprint density at radius 3 is 2.22 bits per heavy atom. The maximum absolute atomic E-state index is 8.09. The molecule has 0 atom stereocenters. The first-order valence-corrected chi connectivity index (χ1v) is 2.18. The van der Waals surface area contributed by atoms with E-state index >= 15 is 0 Å². The number of aliphatic hydroxyl groups excluding tert-OH is 1. The van der Waals surface area contributed by atoms with Crippen molar-refractivity contribution in [3.8, 4) is 23.7 Å². The van der Waals surface area contributed by atoms with Crippen LogP contribution in [0.1, 0.15) is 0 Å². The highest BCUT2D eigenvalue weighted by Crippen LogP contribution is 1.50. The Kier molecular flexibility index (Phi) is 12.8. The Bertz CT molecular complexity index is 137. The molecular weight excluding hydrogens is 138 g/mol. The van der Waals surface area contributed by atoms with Gasteiger partial charge in [0.25, 0.3) is 0 Å². The molecule has 0 heterocycles. The van der Waals surface area contributed by atoms with Crippen LogP contribution in [-0.2, 0) is 0 Å². The fourth-order valence-electron chi connectivity index (χ4n) is 0.179. The Hall–Kier alpha value is -0.670. The van der Waals surface area contributed by atoms with Crippen molar-refractivity contribution in [1.29, 1.82) is 0 Å². The van der Waals surface area contributed by atoms with Crippen LogP contribution in [0.3, 0.4) is 0 Å². The summed E-state index contributed by atoms with van der Waals surface area (Å²) in [6.45, 7) is 0.180. The van der Waals surface area contributed by atoms with Crippen molar-refractivity contribution in [2.45, 2.75) is 0 Å². The number of aliphatic hydroxyl groups is 1. The molecule has 0 saturated carbocycles. The van der Waals surface area contributed by atoms with Crippen molar-refractivity contribution in [1.82, 2.24) is 0 Å². The first-order valence-electron chi connectivity index (χ1n) is 2.18. The molecule has 0 aromatic heterocycles. The van der Waals surface area contributed by atoms with Crippen LogP contribution < -0.4 is 5.73 Å². The van der Waals surface area contributed by atoms with Crippen LogP contribution in [0.25, 0.3) is 0 Å². The monoisotopic (exact) mass is 145 g/mol. The summed E-state index contributed by atoms with van der Waals surface area (Å²) < 4.78 is 0. The van der Waals surface area contributed by atoms with Gasteiger partial charge in [0, 0.05) is 0 Å². The van der Waals surface area contributed by atoms with Gasteiger partial charge >= 0.3 is 0 Å². The fourth-order valence-corrected chi connectivity index (χ4v) is 0.179. The molecule has 3 N–H and O–H groups in total. The van der Waals surface area contributed by atoms with E-state index in [2.05, 4.69) is 23.7 Å². The van der Waals surface area contributed by atoms with Gasteiger partial charge in [-0.1, -0.05) is 11.8 Å². The predicted octanol–water partition coefficient (Wildman–Crippen LogP) is -0.634. The van der Waals surface area contributed by atoms with Crippen molar-refractivity contribution in [2.24, 2.45) is 5.73 Å². The van der Waals surface area contributed by atoms with E-state index in [1.54, 1.807) is 0 Å². The van der Waals surface area contributed by atoms with E-state index in [9.17, 15) is 0 Å². The molecule has 0 radical (unpaired) electrons. The molecule has 0 aliphatic carbocycles. The van der Waals surface area contributed by atoms with Gasteiger partial charge in [-0.2, -0.15) is 0 Å². The third-order valence-corrected chi connectivity index (χ3v) is 0.420. The van der Waals surface area contributed by atoms with Gasteiger partial charge in [-0.15, -0.1) is 12.4 Å². The highest BCUT2D eigenvalue weighted by atomic mass is 35.5. The van der Waals surface area contributed by atoms with Gasteiger partial charge in [-0.25, -0.2) is 0 Å². The molecule has 0 aromatic rings. The van der Waals surface area contributed by atoms with E-state index < -0.39 is 0 Å². The summed E-state index contributed by atoms with van der Waals surface area (Å²) in [6.07, 6.45) is 0. The summed E-state index contributed by atoms with van der Waals surface area (Å²) in [5.74, 6) is 9.72. The van der Waals surface area contributed by atoms with Gasteiger partial charge in [0.15, 0.2) is 0 Å². The third-order valence-electron chi connectivity index (χ3n) is 0.420. The summed E-state index contributed by atoms with van der Waals surface area (Å²) in [5, 5.41) is 8.09. The molecule has 0 aliphatic rings. The molecule has 9 heavy (non-hydrogen) atoms. The highest BCUT2D eigenvalue weighted by molar-refractivity contribution is 5.85. The second-order valence-electron chi connectivity index (χ2n) is 0.966. The maximum Gasteiger partial charge on any atom is 0.105 e. The lowest BCUT2D eigenvalue weighted by atomic mass is 10.5. The molecule has 0 aromatic carbocycles. The van der Waals surface area contributed by atoms with Crippen molar-refractivity contribution in [3.05, 3.63) is 0 Å². The molecule has 0 spiro atoms. The van der Waals surface area contributed by atoms with Crippen molar-refractivity contribution < 1.29 is 5.11 Å². The van der Waals surface area contributed by atoms with Crippen LogP contribution in [0.4, 0.5) is 0 Å². The van der Waals surface area contributed by atoms with Crippen LogP contribution in [0.2, 0.25) is 0 Å². The second kappa shape index (κ2) is 10.3. The molecule has 0 saturated heterocycles. The molecule has 2 nitrogen and oxygen atoms in total. The first-order chi connectivity index (χ1) is 3.91. The van der Waals surface area contributed by atoms with Crippen molar-refractivity contribution in [3.63, 3.8) is 0 Å². The van der Waals surface area contributed by atoms with E-state index in [0.717, 1.165) is 0 Å². The topological polar surface area (TPSA) is 46.2 Å². The van der Waals surface area contributed by atoms with Crippen LogP contribution in [0, 0.1) is 23.7 Å². The Morgan fingerprint density at radius 1 is 1.22 bits per heavy atom. The molecule has 50 valence electrons. The Balaban J connectivity index is 0. The summed E-state index contributed by atoms with van der Waals surface area (Å²) in [5.41, 5.74) is 5.01. The maximum atomic E-state index is 8.09. The number of hydrogen-bond donors (Lipinski definition) is 2. The number of nitrogens with two attached hydrogens (primary N) is 1. The van der Waals surface area contributed by atoms with Crippen LogP contribution >= 0.6 is 12.4 Å². The zero-order valence-corrected chi connectivity index (χ0v) is 5.66. The van der Waals surface area contributed by atoms with E-state index in [1.807, 2.05) is 0 Å². The lowest BCUT2D eigenvalue weighted by molar-refractivity contribution is 0.350. The van der Waals surface area contributed by atoms with E-state index in [1.165, 1.54) is 0 Å². The smallest absolute Gasteiger partial charge is 0.105 e. The quantitative estimate of drug-likeness (QED) is 0.446. The van der Waals surface area contributed by atoms with Crippen LogP contribution in [0.15, 0.2) is 0 Å². The fraction of sp³-hybridized carbons (Fsp3) is 0.333. The van der Waals surface area contributed by atoms with Gasteiger partial charge in [0.05, 0.1) is 6.54 Å². The summed E-state index contributed by atoms with van der Waals surface area (Å²) in [4.78, 5) is 0. The van der Waals surface area contributed by atoms with Gasteiger partial charge < -0.3 is 10.8 Å². The summed E-state index contributed by atoms with van der Waals surface area (Å²) in [6, 6.07) is 0. The zero-order chi connectivity index (χ0) is 6.24. The minimum Gasteiger partial charge on any atom is -0.384 e. The number of halogens is 1. The molecule has 0 unspecified atom stereocenters. The van der Waals surface area contributed by atoms with Crippen molar-refractivity contribution >= 4 is 12.4 Å². The van der Waals surface area contributed by atoms with Crippen LogP contribution in [-0.4, -0.2) is 18.3 Å². The Morgan fingerprint density at radius 2 is 1.78 bits per heavy atom. The minimum absolute atomic E-state index is 0. The molecular formula is C6H8ClNO. The minimum atomic E-state index is -0.140. The summed E-state index contributed by atoms with van der Waals surface area (Å²) in [7, 11) is 0. The molecule has 0 fully saturated rings. The van der Waals surface area contributed by atoms with E-state index in [-0.39, 0.29) is 19.0 Å². The SMILES string of the molecule is Cl.NCC#CC#CCO. The van der Waals surface area contributed by atoms with Gasteiger partial charge in [0.1, 0.15) is 6.61 Å². The van der Waals surface area contributed by atoms with Crippen LogP contribution in [0.5, 0.6) is 0 Å². The molecule has 0 amide bonds. The third kappa shape index (κ3) is 11.1. The number of hydrogen-bond acceptors (Lipinski definition) is 2. The zero-order valence-electron chi connectivity index (χ0n) is 4.85. The molecule has 0 rings (SSSR count). The lowest BCUT2D eigenvalue weighted by Gasteiger charge is -1.64. The lowest BCUT2D eigenvalue weighted by Crippen LogP contribution is -1.92. The molecule has 0 bridgehead atoms.